The average molecular weight is 337 g/mol. The fourth-order valence-electron chi connectivity index (χ4n) is 5.24. The van der Waals surface area contributed by atoms with Crippen LogP contribution in [0.3, 0.4) is 0 Å². The zero-order chi connectivity index (χ0) is 17.6. The topological polar surface area (TPSA) is 13.0 Å². The van der Waals surface area contributed by atoms with Gasteiger partial charge in [0.05, 0.1) is 0 Å². The summed E-state index contributed by atoms with van der Waals surface area (Å²) in [5.41, 5.74) is 0.332. The third-order valence-electron chi connectivity index (χ3n) is 6.99. The molecule has 2 unspecified atom stereocenters. The van der Waals surface area contributed by atoms with E-state index in [1.807, 2.05) is 0 Å². The zero-order valence-corrected chi connectivity index (χ0v) is 17.1. The molecule has 140 valence electrons. The van der Waals surface area contributed by atoms with Crippen LogP contribution in [0.1, 0.15) is 54.9 Å². The first-order valence-corrected chi connectivity index (χ1v) is 10.2. The summed E-state index contributed by atoms with van der Waals surface area (Å²) in [7, 11) is 0. The van der Waals surface area contributed by atoms with E-state index in [1.165, 1.54) is 45.7 Å². The lowest BCUT2D eigenvalue weighted by molar-refractivity contribution is -0.178. The standard InChI is InChI=1S/C20H40N4/c1-15(2)21-8-10-22(11-9-21)17(5)12-20(6,7)24-14-18-19(24)13-23(18)16(3)4/h15-19H,8-14H2,1-7H3/t17?,18-,19?/m0/s1. The number of rotatable bonds is 6. The molecule has 0 aliphatic carbocycles. The molecule has 3 rings (SSSR count). The van der Waals surface area contributed by atoms with Gasteiger partial charge in [-0.2, -0.15) is 0 Å². The summed E-state index contributed by atoms with van der Waals surface area (Å²) in [4.78, 5) is 10.8. The second-order valence-electron chi connectivity index (χ2n) is 9.61. The summed E-state index contributed by atoms with van der Waals surface area (Å²) in [6.45, 7) is 24.2. The molecule has 3 aliphatic rings. The minimum atomic E-state index is 0.332. The van der Waals surface area contributed by atoms with Gasteiger partial charge in [-0.15, -0.1) is 0 Å². The van der Waals surface area contributed by atoms with Crippen LogP contribution >= 0.6 is 0 Å². The van der Waals surface area contributed by atoms with Crippen LogP contribution in [0.25, 0.3) is 0 Å². The van der Waals surface area contributed by atoms with E-state index in [0.29, 0.717) is 23.7 Å². The molecule has 0 aromatic rings. The van der Waals surface area contributed by atoms with E-state index in [4.69, 9.17) is 0 Å². The van der Waals surface area contributed by atoms with E-state index in [2.05, 4.69) is 68.1 Å². The molecule has 0 N–H and O–H groups in total. The average Bonchev–Trinajstić information content (AvgIpc) is 2.48. The van der Waals surface area contributed by atoms with Gasteiger partial charge < -0.3 is 0 Å². The molecule has 4 heteroatoms. The predicted molar refractivity (Wildman–Crippen MR) is 103 cm³/mol. The summed E-state index contributed by atoms with van der Waals surface area (Å²) >= 11 is 0. The lowest BCUT2D eigenvalue weighted by Crippen LogP contribution is -2.82. The fraction of sp³-hybridized carbons (Fsp3) is 1.00. The molecule has 0 aromatic heterocycles. The van der Waals surface area contributed by atoms with E-state index < -0.39 is 0 Å². The molecule has 3 atom stereocenters. The summed E-state index contributed by atoms with van der Waals surface area (Å²) in [6, 6.07) is 3.77. The van der Waals surface area contributed by atoms with Crippen LogP contribution in [0.5, 0.6) is 0 Å². The first-order chi connectivity index (χ1) is 11.2. The Balaban J connectivity index is 1.47. The molecule has 0 radical (unpaired) electrons. The highest BCUT2D eigenvalue weighted by molar-refractivity contribution is 5.13. The molecule has 0 aromatic carbocycles. The lowest BCUT2D eigenvalue weighted by atomic mass is 9.78. The van der Waals surface area contributed by atoms with Crippen molar-refractivity contribution in [2.45, 2.75) is 90.6 Å². The van der Waals surface area contributed by atoms with Gasteiger partial charge in [0, 0.05) is 75.0 Å². The van der Waals surface area contributed by atoms with Crippen LogP contribution in [0.15, 0.2) is 0 Å². The van der Waals surface area contributed by atoms with Crippen LogP contribution in [-0.2, 0) is 0 Å². The Morgan fingerprint density at radius 1 is 0.792 bits per heavy atom. The largest absolute Gasteiger partial charge is 0.298 e. The van der Waals surface area contributed by atoms with Crippen molar-refractivity contribution in [2.24, 2.45) is 0 Å². The Morgan fingerprint density at radius 3 is 1.83 bits per heavy atom. The van der Waals surface area contributed by atoms with E-state index in [0.717, 1.165) is 12.1 Å². The van der Waals surface area contributed by atoms with Crippen molar-refractivity contribution in [3.63, 3.8) is 0 Å². The van der Waals surface area contributed by atoms with Crippen LogP contribution in [0, 0.1) is 0 Å². The number of likely N-dealkylation sites (tertiary alicyclic amines) is 2. The van der Waals surface area contributed by atoms with Gasteiger partial charge in [0.2, 0.25) is 0 Å². The molecule has 0 spiro atoms. The zero-order valence-electron chi connectivity index (χ0n) is 17.1. The van der Waals surface area contributed by atoms with Crippen LogP contribution < -0.4 is 0 Å². The Morgan fingerprint density at radius 2 is 1.38 bits per heavy atom. The van der Waals surface area contributed by atoms with Crippen LogP contribution in [0.2, 0.25) is 0 Å². The van der Waals surface area contributed by atoms with Crippen LogP contribution in [-0.4, -0.2) is 94.6 Å². The van der Waals surface area contributed by atoms with Gasteiger partial charge >= 0.3 is 0 Å². The third-order valence-corrected chi connectivity index (χ3v) is 6.99. The molecule has 3 heterocycles. The quantitative estimate of drug-likeness (QED) is 0.738. The van der Waals surface area contributed by atoms with Gasteiger partial charge in [-0.25, -0.2) is 0 Å². The smallest absolute Gasteiger partial charge is 0.0397 e. The van der Waals surface area contributed by atoms with Crippen molar-refractivity contribution in [3.05, 3.63) is 0 Å². The summed E-state index contributed by atoms with van der Waals surface area (Å²) < 4.78 is 0. The number of nitrogens with zero attached hydrogens (tertiary/aromatic N) is 4. The van der Waals surface area contributed by atoms with Crippen molar-refractivity contribution >= 4 is 0 Å². The molecule has 0 amide bonds. The van der Waals surface area contributed by atoms with Gasteiger partial charge in [0.1, 0.15) is 0 Å². The monoisotopic (exact) mass is 336 g/mol. The van der Waals surface area contributed by atoms with Crippen molar-refractivity contribution < 1.29 is 0 Å². The Bertz CT molecular complexity index is 425. The third kappa shape index (κ3) is 3.40. The molecule has 3 aliphatic heterocycles. The molecular formula is C20H40N4. The van der Waals surface area contributed by atoms with E-state index in [1.54, 1.807) is 0 Å². The Hall–Kier alpha value is -0.160. The minimum Gasteiger partial charge on any atom is -0.298 e. The fourth-order valence-corrected chi connectivity index (χ4v) is 5.24. The van der Waals surface area contributed by atoms with Crippen molar-refractivity contribution in [2.75, 3.05) is 39.3 Å². The Kier molecular flexibility index (Phi) is 5.33. The summed E-state index contributed by atoms with van der Waals surface area (Å²) in [6.07, 6.45) is 1.29. The summed E-state index contributed by atoms with van der Waals surface area (Å²) in [5.74, 6) is 0. The normalized spacial score (nSPS) is 31.9. The van der Waals surface area contributed by atoms with Crippen molar-refractivity contribution in [1.29, 1.82) is 0 Å². The molecule has 3 saturated heterocycles. The molecule has 3 fully saturated rings. The highest BCUT2D eigenvalue weighted by Gasteiger charge is 2.56. The van der Waals surface area contributed by atoms with E-state index >= 15 is 0 Å². The lowest BCUT2D eigenvalue weighted by Gasteiger charge is -2.67. The van der Waals surface area contributed by atoms with Gasteiger partial charge in [-0.05, 0) is 54.9 Å². The molecule has 0 bridgehead atoms. The predicted octanol–water partition coefficient (Wildman–Crippen LogP) is 2.35. The number of hydrogen-bond donors (Lipinski definition) is 0. The molecular weight excluding hydrogens is 296 g/mol. The van der Waals surface area contributed by atoms with Crippen molar-refractivity contribution in [1.82, 2.24) is 19.6 Å². The number of hydrogen-bond acceptors (Lipinski definition) is 4. The van der Waals surface area contributed by atoms with Gasteiger partial charge in [0.15, 0.2) is 0 Å². The molecule has 4 nitrogen and oxygen atoms in total. The number of fused-ring (bicyclic) bond motifs is 1. The minimum absolute atomic E-state index is 0.332. The van der Waals surface area contributed by atoms with E-state index in [9.17, 15) is 0 Å². The van der Waals surface area contributed by atoms with Crippen LogP contribution in [0.4, 0.5) is 0 Å². The molecule has 24 heavy (non-hydrogen) atoms. The highest BCUT2D eigenvalue weighted by atomic mass is 15.5. The Labute approximate surface area is 150 Å². The maximum atomic E-state index is 2.79. The second kappa shape index (κ2) is 6.86. The maximum absolute atomic E-state index is 2.79. The summed E-state index contributed by atoms with van der Waals surface area (Å²) in [5, 5.41) is 0. The SMILES string of the molecule is CC(C)N1CCN(C(C)CC(C)(C)N2C[C@H]3C2CN3C(C)C)CC1. The molecule has 0 saturated carbocycles. The van der Waals surface area contributed by atoms with E-state index in [-0.39, 0.29) is 0 Å². The van der Waals surface area contributed by atoms with Gasteiger partial charge in [0.25, 0.3) is 0 Å². The van der Waals surface area contributed by atoms with Gasteiger partial charge in [-0.3, -0.25) is 19.6 Å². The first-order valence-electron chi connectivity index (χ1n) is 10.2. The maximum Gasteiger partial charge on any atom is 0.0397 e. The van der Waals surface area contributed by atoms with Gasteiger partial charge in [-0.1, -0.05) is 0 Å². The highest BCUT2D eigenvalue weighted by Crippen LogP contribution is 2.41. The number of piperazine rings is 2. The second-order valence-corrected chi connectivity index (χ2v) is 9.61. The van der Waals surface area contributed by atoms with Crippen molar-refractivity contribution in [3.8, 4) is 0 Å². The first kappa shape index (κ1) is 18.6.